The van der Waals surface area contributed by atoms with Gasteiger partial charge in [0.15, 0.2) is 0 Å². The number of benzene rings is 1. The molecule has 2 heterocycles. The minimum absolute atomic E-state index is 0.0902. The highest BCUT2D eigenvalue weighted by molar-refractivity contribution is 5.80. The Kier molecular flexibility index (Phi) is 3.44. The fraction of sp³-hybridized carbons (Fsp3) is 0.353. The first-order valence-corrected chi connectivity index (χ1v) is 7.73. The molecule has 6 heteroatoms. The van der Waals surface area contributed by atoms with Crippen molar-refractivity contribution < 1.29 is 13.9 Å². The van der Waals surface area contributed by atoms with E-state index in [2.05, 4.69) is 15.3 Å². The van der Waals surface area contributed by atoms with Crippen LogP contribution in [0.5, 0.6) is 5.75 Å². The highest BCUT2D eigenvalue weighted by Gasteiger charge is 2.32. The summed E-state index contributed by atoms with van der Waals surface area (Å²) in [5.41, 5.74) is 2.18. The number of amides is 1. The topological polar surface area (TPSA) is 64.1 Å². The van der Waals surface area contributed by atoms with Gasteiger partial charge in [0.25, 0.3) is 0 Å². The molecule has 2 aromatic rings. The van der Waals surface area contributed by atoms with Crippen LogP contribution in [0.1, 0.15) is 18.4 Å². The molecule has 2 aliphatic rings. The molecule has 1 fully saturated rings. The van der Waals surface area contributed by atoms with E-state index in [1.165, 1.54) is 18.5 Å². The number of rotatable bonds is 4. The third-order valence-corrected chi connectivity index (χ3v) is 4.19. The minimum atomic E-state index is -0.311. The maximum Gasteiger partial charge on any atom is 0.223 e. The van der Waals surface area contributed by atoms with Gasteiger partial charge in [0, 0.05) is 41.4 Å². The van der Waals surface area contributed by atoms with E-state index in [9.17, 15) is 9.18 Å². The van der Waals surface area contributed by atoms with Crippen molar-refractivity contribution in [1.82, 2.24) is 15.3 Å². The Morgan fingerprint density at radius 2 is 2.09 bits per heavy atom. The number of carbonyl (C=O) groups excluding carboxylic acids is 1. The van der Waals surface area contributed by atoms with Gasteiger partial charge in [0.1, 0.15) is 24.0 Å². The SMILES string of the molecule is O=C(NCC1Cc2cc(F)cc(-c3cncnc3)c2O1)C1CC1. The average Bonchev–Trinajstić information content (AvgIpc) is 3.33. The van der Waals surface area contributed by atoms with E-state index in [1.807, 2.05) is 0 Å². The highest BCUT2D eigenvalue weighted by Crippen LogP contribution is 2.39. The molecule has 0 saturated heterocycles. The number of nitrogens with zero attached hydrogens (tertiary/aromatic N) is 2. The van der Waals surface area contributed by atoms with Crippen LogP contribution in [-0.2, 0) is 11.2 Å². The van der Waals surface area contributed by atoms with Crippen molar-refractivity contribution in [2.75, 3.05) is 6.54 Å². The Bertz CT molecular complexity index is 747. The number of fused-ring (bicyclic) bond motifs is 1. The van der Waals surface area contributed by atoms with Crippen LogP contribution in [0, 0.1) is 11.7 Å². The predicted molar refractivity (Wildman–Crippen MR) is 81.3 cm³/mol. The molecule has 1 N–H and O–H groups in total. The van der Waals surface area contributed by atoms with Gasteiger partial charge in [-0.2, -0.15) is 0 Å². The van der Waals surface area contributed by atoms with E-state index < -0.39 is 0 Å². The number of nitrogens with one attached hydrogen (secondary N) is 1. The summed E-state index contributed by atoms with van der Waals surface area (Å²) in [6, 6.07) is 2.92. The smallest absolute Gasteiger partial charge is 0.223 e. The standard InChI is InChI=1S/C17H16FN3O2/c18-13-3-11-4-14(8-21-17(22)10-1-2-10)23-16(11)15(5-13)12-6-19-9-20-7-12/h3,5-7,9-10,14H,1-2,4,8H2,(H,21,22). The van der Waals surface area contributed by atoms with Crippen LogP contribution in [-0.4, -0.2) is 28.5 Å². The van der Waals surface area contributed by atoms with Gasteiger partial charge >= 0.3 is 0 Å². The zero-order valence-corrected chi connectivity index (χ0v) is 12.5. The molecule has 0 radical (unpaired) electrons. The van der Waals surface area contributed by atoms with Crippen LogP contribution in [0.4, 0.5) is 4.39 Å². The number of halogens is 1. The third kappa shape index (κ3) is 2.88. The molecule has 1 aromatic heterocycles. The van der Waals surface area contributed by atoms with E-state index in [1.54, 1.807) is 12.4 Å². The lowest BCUT2D eigenvalue weighted by molar-refractivity contribution is -0.122. The molecule has 0 spiro atoms. The highest BCUT2D eigenvalue weighted by atomic mass is 19.1. The fourth-order valence-electron chi connectivity index (χ4n) is 2.87. The molecule has 1 aliphatic heterocycles. The molecule has 23 heavy (non-hydrogen) atoms. The number of aromatic nitrogens is 2. The lowest BCUT2D eigenvalue weighted by Crippen LogP contribution is -2.35. The van der Waals surface area contributed by atoms with Gasteiger partial charge in [0.2, 0.25) is 5.91 Å². The molecule has 1 unspecified atom stereocenters. The molecule has 1 amide bonds. The normalized spacial score (nSPS) is 19.1. The maximum absolute atomic E-state index is 13.9. The van der Waals surface area contributed by atoms with Crippen LogP contribution in [0.2, 0.25) is 0 Å². The Balaban J connectivity index is 1.54. The average molecular weight is 313 g/mol. The first-order chi connectivity index (χ1) is 11.2. The quantitative estimate of drug-likeness (QED) is 0.939. The Labute approximate surface area is 132 Å². The monoisotopic (exact) mass is 313 g/mol. The number of hydrogen-bond donors (Lipinski definition) is 1. The first kappa shape index (κ1) is 14.1. The van der Waals surface area contributed by atoms with Crippen molar-refractivity contribution in [2.45, 2.75) is 25.4 Å². The number of ether oxygens (including phenoxy) is 1. The second-order valence-corrected chi connectivity index (χ2v) is 6.03. The second kappa shape index (κ2) is 5.61. The summed E-state index contributed by atoms with van der Waals surface area (Å²) in [6.45, 7) is 0.441. The van der Waals surface area contributed by atoms with Crippen molar-refractivity contribution in [3.05, 3.63) is 42.2 Å². The fourth-order valence-corrected chi connectivity index (χ4v) is 2.87. The van der Waals surface area contributed by atoms with Gasteiger partial charge in [-0.1, -0.05) is 0 Å². The zero-order valence-electron chi connectivity index (χ0n) is 12.5. The molecule has 1 aliphatic carbocycles. The van der Waals surface area contributed by atoms with Gasteiger partial charge in [0.05, 0.1) is 6.54 Å². The summed E-state index contributed by atoms with van der Waals surface area (Å²) in [5.74, 6) is 0.612. The van der Waals surface area contributed by atoms with Crippen molar-refractivity contribution in [3.8, 4) is 16.9 Å². The van der Waals surface area contributed by atoms with E-state index in [-0.39, 0.29) is 23.7 Å². The van der Waals surface area contributed by atoms with Crippen LogP contribution in [0.15, 0.2) is 30.9 Å². The van der Waals surface area contributed by atoms with E-state index >= 15 is 0 Å². The summed E-state index contributed by atoms with van der Waals surface area (Å²) in [6.07, 6.45) is 7.06. The summed E-state index contributed by atoms with van der Waals surface area (Å²) in [7, 11) is 0. The summed E-state index contributed by atoms with van der Waals surface area (Å²) in [4.78, 5) is 19.7. The van der Waals surface area contributed by atoms with Gasteiger partial charge in [-0.15, -0.1) is 0 Å². The first-order valence-electron chi connectivity index (χ1n) is 7.73. The minimum Gasteiger partial charge on any atom is -0.487 e. The molecular formula is C17H16FN3O2. The van der Waals surface area contributed by atoms with Crippen LogP contribution in [0.25, 0.3) is 11.1 Å². The van der Waals surface area contributed by atoms with Crippen LogP contribution < -0.4 is 10.1 Å². The lowest BCUT2D eigenvalue weighted by atomic mass is 10.0. The van der Waals surface area contributed by atoms with Crippen molar-refractivity contribution in [2.24, 2.45) is 5.92 Å². The van der Waals surface area contributed by atoms with Crippen molar-refractivity contribution in [3.63, 3.8) is 0 Å². The number of carbonyl (C=O) groups is 1. The predicted octanol–water partition coefficient (Wildman–Crippen LogP) is 2.11. The molecule has 1 saturated carbocycles. The second-order valence-electron chi connectivity index (χ2n) is 6.03. The van der Waals surface area contributed by atoms with Crippen molar-refractivity contribution in [1.29, 1.82) is 0 Å². The Morgan fingerprint density at radius 1 is 1.30 bits per heavy atom. The Hall–Kier alpha value is -2.50. The van der Waals surface area contributed by atoms with E-state index in [0.717, 1.165) is 18.4 Å². The Morgan fingerprint density at radius 3 is 2.83 bits per heavy atom. The zero-order chi connectivity index (χ0) is 15.8. The summed E-state index contributed by atoms with van der Waals surface area (Å²) < 4.78 is 19.9. The number of hydrogen-bond acceptors (Lipinski definition) is 4. The molecule has 118 valence electrons. The molecule has 5 nitrogen and oxygen atoms in total. The molecule has 1 atom stereocenters. The van der Waals surface area contributed by atoms with Gasteiger partial charge in [-0.3, -0.25) is 4.79 Å². The summed E-state index contributed by atoms with van der Waals surface area (Å²) >= 11 is 0. The van der Waals surface area contributed by atoms with Crippen LogP contribution in [0.3, 0.4) is 0 Å². The molecular weight excluding hydrogens is 297 g/mol. The molecule has 4 rings (SSSR count). The van der Waals surface area contributed by atoms with E-state index in [4.69, 9.17) is 4.74 Å². The lowest BCUT2D eigenvalue weighted by Gasteiger charge is -2.13. The van der Waals surface area contributed by atoms with Crippen LogP contribution >= 0.6 is 0 Å². The van der Waals surface area contributed by atoms with Gasteiger partial charge in [-0.25, -0.2) is 14.4 Å². The molecule has 1 aromatic carbocycles. The summed E-state index contributed by atoms with van der Waals surface area (Å²) in [5, 5.41) is 2.91. The van der Waals surface area contributed by atoms with Gasteiger partial charge < -0.3 is 10.1 Å². The third-order valence-electron chi connectivity index (χ3n) is 4.19. The maximum atomic E-state index is 13.9. The van der Waals surface area contributed by atoms with Gasteiger partial charge in [-0.05, 0) is 25.0 Å². The van der Waals surface area contributed by atoms with Crippen molar-refractivity contribution >= 4 is 5.91 Å². The van der Waals surface area contributed by atoms with E-state index in [0.29, 0.717) is 29.8 Å². The molecule has 0 bridgehead atoms. The largest absolute Gasteiger partial charge is 0.487 e.